The molecule has 0 spiro atoms. The van der Waals surface area contributed by atoms with Gasteiger partial charge in [-0.1, -0.05) is 30.3 Å². The normalized spacial score (nSPS) is 14.3. The van der Waals surface area contributed by atoms with E-state index in [9.17, 15) is 9.59 Å². The van der Waals surface area contributed by atoms with E-state index in [4.69, 9.17) is 0 Å². The summed E-state index contributed by atoms with van der Waals surface area (Å²) in [4.78, 5) is 28.7. The maximum absolute atomic E-state index is 12.5. The Morgan fingerprint density at radius 2 is 1.80 bits per heavy atom. The zero-order valence-corrected chi connectivity index (χ0v) is 14.2. The van der Waals surface area contributed by atoms with Gasteiger partial charge >= 0.3 is 0 Å². The molecule has 7 heteroatoms. The van der Waals surface area contributed by atoms with E-state index in [-0.39, 0.29) is 5.91 Å². The molecule has 1 aliphatic heterocycles. The zero-order valence-electron chi connectivity index (χ0n) is 14.2. The quantitative estimate of drug-likeness (QED) is 0.761. The van der Waals surface area contributed by atoms with E-state index in [2.05, 4.69) is 15.1 Å². The maximum Gasteiger partial charge on any atom is 0.274 e. The SMILES string of the molecule is CN(Cc1ccccc1)C(=O)c1ccc(N2CCN(C=O)CC2)nn1. The fourth-order valence-electron chi connectivity index (χ4n) is 2.79. The molecule has 1 saturated heterocycles. The smallest absolute Gasteiger partial charge is 0.274 e. The van der Waals surface area contributed by atoms with Crippen molar-refractivity contribution >= 4 is 18.1 Å². The van der Waals surface area contributed by atoms with Gasteiger partial charge in [-0.3, -0.25) is 9.59 Å². The number of nitrogens with zero attached hydrogens (tertiary/aromatic N) is 5. The third-order valence-electron chi connectivity index (χ3n) is 4.27. The first kappa shape index (κ1) is 16.9. The summed E-state index contributed by atoms with van der Waals surface area (Å²) in [7, 11) is 1.75. The number of rotatable bonds is 5. The molecule has 1 aliphatic rings. The van der Waals surface area contributed by atoms with Gasteiger partial charge in [0.15, 0.2) is 11.5 Å². The van der Waals surface area contributed by atoms with E-state index in [0.717, 1.165) is 17.8 Å². The van der Waals surface area contributed by atoms with Crippen molar-refractivity contribution in [3.8, 4) is 0 Å². The molecule has 0 radical (unpaired) electrons. The molecule has 3 rings (SSSR count). The van der Waals surface area contributed by atoms with E-state index < -0.39 is 0 Å². The van der Waals surface area contributed by atoms with Crippen LogP contribution in [0.25, 0.3) is 0 Å². The van der Waals surface area contributed by atoms with Crippen LogP contribution in [0.3, 0.4) is 0 Å². The maximum atomic E-state index is 12.5. The van der Waals surface area contributed by atoms with E-state index in [0.29, 0.717) is 38.4 Å². The van der Waals surface area contributed by atoms with E-state index in [1.165, 1.54) is 0 Å². The fourth-order valence-corrected chi connectivity index (χ4v) is 2.79. The lowest BCUT2D eigenvalue weighted by molar-refractivity contribution is -0.118. The molecule has 1 aromatic carbocycles. The molecule has 2 aromatic rings. The Bertz CT molecular complexity index is 712. The molecule has 7 nitrogen and oxygen atoms in total. The summed E-state index contributed by atoms with van der Waals surface area (Å²) >= 11 is 0. The van der Waals surface area contributed by atoms with Crippen LogP contribution in [0.15, 0.2) is 42.5 Å². The minimum atomic E-state index is -0.159. The van der Waals surface area contributed by atoms with E-state index in [1.54, 1.807) is 22.9 Å². The molecule has 0 aliphatic carbocycles. The monoisotopic (exact) mass is 339 g/mol. The van der Waals surface area contributed by atoms with Crippen molar-refractivity contribution in [1.29, 1.82) is 0 Å². The number of anilines is 1. The second kappa shape index (κ2) is 7.74. The molecule has 2 amide bonds. The van der Waals surface area contributed by atoms with Gasteiger partial charge in [-0.15, -0.1) is 10.2 Å². The van der Waals surface area contributed by atoms with Crippen LogP contribution in [0.1, 0.15) is 16.1 Å². The number of amides is 2. The number of carbonyl (C=O) groups excluding carboxylic acids is 2. The van der Waals surface area contributed by atoms with Gasteiger partial charge in [0.25, 0.3) is 5.91 Å². The van der Waals surface area contributed by atoms with Crippen LogP contribution < -0.4 is 4.90 Å². The summed E-state index contributed by atoms with van der Waals surface area (Å²) < 4.78 is 0. The summed E-state index contributed by atoms with van der Waals surface area (Å²) in [6.07, 6.45) is 0.868. The first-order valence-corrected chi connectivity index (χ1v) is 8.25. The highest BCUT2D eigenvalue weighted by molar-refractivity contribution is 5.92. The van der Waals surface area contributed by atoms with Crippen LogP contribution in [0.4, 0.5) is 5.82 Å². The largest absolute Gasteiger partial charge is 0.352 e. The van der Waals surface area contributed by atoms with Crippen molar-refractivity contribution in [3.05, 3.63) is 53.7 Å². The van der Waals surface area contributed by atoms with Crippen molar-refractivity contribution < 1.29 is 9.59 Å². The Hall–Kier alpha value is -2.96. The highest BCUT2D eigenvalue weighted by atomic mass is 16.2. The van der Waals surface area contributed by atoms with Crippen LogP contribution in [0.2, 0.25) is 0 Å². The van der Waals surface area contributed by atoms with Crippen LogP contribution >= 0.6 is 0 Å². The first-order chi connectivity index (χ1) is 12.2. The molecule has 1 fully saturated rings. The van der Waals surface area contributed by atoms with Gasteiger partial charge in [-0.25, -0.2) is 0 Å². The third-order valence-corrected chi connectivity index (χ3v) is 4.27. The number of hydrogen-bond acceptors (Lipinski definition) is 5. The lowest BCUT2D eigenvalue weighted by Gasteiger charge is -2.32. The minimum absolute atomic E-state index is 0.159. The Morgan fingerprint density at radius 1 is 1.08 bits per heavy atom. The highest BCUT2D eigenvalue weighted by Crippen LogP contribution is 2.13. The Labute approximate surface area is 146 Å². The lowest BCUT2D eigenvalue weighted by atomic mass is 10.2. The molecular formula is C18H21N5O2. The van der Waals surface area contributed by atoms with Gasteiger partial charge in [-0.2, -0.15) is 0 Å². The molecule has 0 N–H and O–H groups in total. The number of piperazine rings is 1. The average molecular weight is 339 g/mol. The van der Waals surface area contributed by atoms with Gasteiger partial charge in [-0.05, 0) is 17.7 Å². The molecule has 0 saturated carbocycles. The third kappa shape index (κ3) is 4.12. The Kier molecular flexibility index (Phi) is 5.23. The predicted octanol–water partition coefficient (Wildman–Crippen LogP) is 1.03. The lowest BCUT2D eigenvalue weighted by Crippen LogP contribution is -2.46. The molecular weight excluding hydrogens is 318 g/mol. The van der Waals surface area contributed by atoms with Gasteiger partial charge in [0.2, 0.25) is 6.41 Å². The van der Waals surface area contributed by atoms with Crippen molar-refractivity contribution in [2.45, 2.75) is 6.54 Å². The molecule has 2 heterocycles. The number of hydrogen-bond donors (Lipinski definition) is 0. The Morgan fingerprint density at radius 3 is 2.40 bits per heavy atom. The Balaban J connectivity index is 1.61. The van der Waals surface area contributed by atoms with Crippen molar-refractivity contribution in [1.82, 2.24) is 20.0 Å². The molecule has 0 bridgehead atoms. The number of carbonyl (C=O) groups is 2. The highest BCUT2D eigenvalue weighted by Gasteiger charge is 2.19. The standard InChI is InChI=1S/C18H21N5O2/c1-21(13-15-5-3-2-4-6-15)18(25)16-7-8-17(20-19-16)23-11-9-22(14-24)10-12-23/h2-8,14H,9-13H2,1H3. The zero-order chi connectivity index (χ0) is 17.6. The number of aromatic nitrogens is 2. The van der Waals surface area contributed by atoms with Gasteiger partial charge in [0.1, 0.15) is 0 Å². The van der Waals surface area contributed by atoms with Crippen molar-refractivity contribution in [3.63, 3.8) is 0 Å². The molecule has 1 aromatic heterocycles. The van der Waals surface area contributed by atoms with Crippen LogP contribution in [0.5, 0.6) is 0 Å². The van der Waals surface area contributed by atoms with E-state index >= 15 is 0 Å². The van der Waals surface area contributed by atoms with Crippen molar-refractivity contribution in [2.24, 2.45) is 0 Å². The summed E-state index contributed by atoms with van der Waals surface area (Å²) in [6.45, 7) is 3.30. The van der Waals surface area contributed by atoms with Crippen LogP contribution in [-0.4, -0.2) is 65.5 Å². The topological polar surface area (TPSA) is 69.6 Å². The first-order valence-electron chi connectivity index (χ1n) is 8.25. The van der Waals surface area contributed by atoms with Gasteiger partial charge in [0.05, 0.1) is 0 Å². The van der Waals surface area contributed by atoms with Gasteiger partial charge in [0, 0.05) is 39.8 Å². The van der Waals surface area contributed by atoms with Crippen molar-refractivity contribution in [2.75, 3.05) is 38.1 Å². The summed E-state index contributed by atoms with van der Waals surface area (Å²) in [6, 6.07) is 13.3. The fraction of sp³-hybridized carbons (Fsp3) is 0.333. The van der Waals surface area contributed by atoms with Crippen LogP contribution in [0, 0.1) is 0 Å². The van der Waals surface area contributed by atoms with E-state index in [1.807, 2.05) is 36.4 Å². The summed E-state index contributed by atoms with van der Waals surface area (Å²) in [5.41, 5.74) is 1.39. The molecule has 0 unspecified atom stereocenters. The minimum Gasteiger partial charge on any atom is -0.352 e. The average Bonchev–Trinajstić information content (AvgIpc) is 2.68. The molecule has 130 valence electrons. The summed E-state index contributed by atoms with van der Waals surface area (Å²) in [5.74, 6) is 0.571. The second-order valence-electron chi connectivity index (χ2n) is 6.05. The molecule has 0 atom stereocenters. The second-order valence-corrected chi connectivity index (χ2v) is 6.05. The summed E-state index contributed by atoms with van der Waals surface area (Å²) in [5, 5.41) is 8.27. The number of benzene rings is 1. The van der Waals surface area contributed by atoms with Gasteiger partial charge < -0.3 is 14.7 Å². The van der Waals surface area contributed by atoms with Crippen LogP contribution in [-0.2, 0) is 11.3 Å². The predicted molar refractivity (Wildman–Crippen MR) is 94.1 cm³/mol. The molecule has 25 heavy (non-hydrogen) atoms.